The van der Waals surface area contributed by atoms with E-state index in [-0.39, 0.29) is 0 Å². The van der Waals surface area contributed by atoms with Crippen LogP contribution in [0.15, 0.2) is 24.4 Å². The molecular formula is C6H8N2O3. The molecule has 0 saturated heterocycles. The van der Waals surface area contributed by atoms with Crippen LogP contribution in [0, 0.1) is 0 Å². The first-order valence-corrected chi connectivity index (χ1v) is 2.71. The molecule has 1 heterocycles. The second-order valence-electron chi connectivity index (χ2n) is 1.54. The van der Waals surface area contributed by atoms with Crippen LogP contribution >= 0.6 is 0 Å². The van der Waals surface area contributed by atoms with Crippen molar-refractivity contribution in [2.24, 2.45) is 0 Å². The Morgan fingerprint density at radius 1 is 1.45 bits per heavy atom. The number of carbonyl (C=O) groups is 1. The van der Waals surface area contributed by atoms with Gasteiger partial charge in [0.1, 0.15) is 5.82 Å². The number of anilines is 1. The van der Waals surface area contributed by atoms with E-state index in [4.69, 9.17) is 20.7 Å². The summed E-state index contributed by atoms with van der Waals surface area (Å²) in [5.41, 5.74) is 5.25. The topological polar surface area (TPSA) is 96.4 Å². The summed E-state index contributed by atoms with van der Waals surface area (Å²) in [5, 5.41) is 13.9. The molecular weight excluding hydrogens is 148 g/mol. The SMILES string of the molecule is Nc1ccccn1.O=C(O)O. The van der Waals surface area contributed by atoms with Crippen molar-refractivity contribution in [1.82, 2.24) is 4.98 Å². The fraction of sp³-hybridized carbons (Fsp3) is 0. The number of pyridine rings is 1. The number of carboxylic acid groups (broad SMARTS) is 2. The molecule has 0 atom stereocenters. The summed E-state index contributed by atoms with van der Waals surface area (Å²) in [4.78, 5) is 12.3. The molecule has 0 radical (unpaired) electrons. The molecule has 0 fully saturated rings. The second kappa shape index (κ2) is 5.04. The number of hydrogen-bond acceptors (Lipinski definition) is 3. The Morgan fingerprint density at radius 3 is 2.18 bits per heavy atom. The van der Waals surface area contributed by atoms with E-state index in [1.807, 2.05) is 12.1 Å². The van der Waals surface area contributed by atoms with Crippen molar-refractivity contribution >= 4 is 12.0 Å². The van der Waals surface area contributed by atoms with Crippen molar-refractivity contribution < 1.29 is 15.0 Å². The largest absolute Gasteiger partial charge is 0.503 e. The van der Waals surface area contributed by atoms with Gasteiger partial charge in [0.2, 0.25) is 0 Å². The van der Waals surface area contributed by atoms with Crippen molar-refractivity contribution in [1.29, 1.82) is 0 Å². The first-order valence-electron chi connectivity index (χ1n) is 2.71. The van der Waals surface area contributed by atoms with Gasteiger partial charge in [0.25, 0.3) is 0 Å². The van der Waals surface area contributed by atoms with Gasteiger partial charge in [0.15, 0.2) is 0 Å². The first-order chi connectivity index (χ1) is 5.13. The normalized spacial score (nSPS) is 7.64. The summed E-state index contributed by atoms with van der Waals surface area (Å²) < 4.78 is 0. The predicted molar refractivity (Wildman–Crippen MR) is 39.3 cm³/mol. The number of nitrogens with two attached hydrogens (primary N) is 1. The van der Waals surface area contributed by atoms with Crippen molar-refractivity contribution in [3.8, 4) is 0 Å². The highest BCUT2D eigenvalue weighted by molar-refractivity contribution is 5.53. The molecule has 1 aromatic rings. The smallest absolute Gasteiger partial charge is 0.450 e. The lowest BCUT2D eigenvalue weighted by Crippen LogP contribution is -1.85. The summed E-state index contributed by atoms with van der Waals surface area (Å²) in [5.74, 6) is 0.572. The van der Waals surface area contributed by atoms with E-state index in [1.54, 1.807) is 12.3 Å². The van der Waals surface area contributed by atoms with Gasteiger partial charge in [-0.05, 0) is 12.1 Å². The maximum absolute atomic E-state index is 8.56. The Kier molecular flexibility index (Phi) is 4.22. The quantitative estimate of drug-likeness (QED) is 0.518. The molecule has 0 aromatic carbocycles. The number of nitrogen functional groups attached to an aromatic ring is 1. The molecule has 0 saturated carbocycles. The molecule has 0 amide bonds. The van der Waals surface area contributed by atoms with Gasteiger partial charge in [0.05, 0.1) is 0 Å². The Balaban J connectivity index is 0.000000218. The van der Waals surface area contributed by atoms with E-state index in [0.29, 0.717) is 5.82 Å². The highest BCUT2D eigenvalue weighted by Gasteiger charge is 1.73. The van der Waals surface area contributed by atoms with Gasteiger partial charge in [-0.15, -0.1) is 0 Å². The molecule has 5 heteroatoms. The third-order valence-corrected chi connectivity index (χ3v) is 0.688. The van der Waals surface area contributed by atoms with Gasteiger partial charge in [-0.3, -0.25) is 0 Å². The number of nitrogens with zero attached hydrogens (tertiary/aromatic N) is 1. The number of aromatic nitrogens is 1. The summed E-state index contributed by atoms with van der Waals surface area (Å²) >= 11 is 0. The molecule has 60 valence electrons. The van der Waals surface area contributed by atoms with Crippen molar-refractivity contribution in [2.75, 3.05) is 5.73 Å². The van der Waals surface area contributed by atoms with Gasteiger partial charge in [-0.2, -0.15) is 0 Å². The summed E-state index contributed by atoms with van der Waals surface area (Å²) in [6.07, 6.45) is -0.171. The molecule has 1 rings (SSSR count). The molecule has 0 aliphatic carbocycles. The zero-order chi connectivity index (χ0) is 8.69. The summed E-state index contributed by atoms with van der Waals surface area (Å²) in [6.45, 7) is 0. The second-order valence-corrected chi connectivity index (χ2v) is 1.54. The van der Waals surface area contributed by atoms with Crippen molar-refractivity contribution in [3.63, 3.8) is 0 Å². The number of hydrogen-bond donors (Lipinski definition) is 3. The van der Waals surface area contributed by atoms with Crippen LogP contribution in [-0.4, -0.2) is 21.4 Å². The summed E-state index contributed by atoms with van der Waals surface area (Å²) in [6, 6.07) is 5.43. The molecule has 0 bridgehead atoms. The summed E-state index contributed by atoms with van der Waals surface area (Å²) in [7, 11) is 0. The zero-order valence-corrected chi connectivity index (χ0v) is 5.64. The molecule has 0 unspecified atom stereocenters. The maximum atomic E-state index is 8.56. The van der Waals surface area contributed by atoms with E-state index in [9.17, 15) is 0 Å². The third kappa shape index (κ3) is 8.22. The Morgan fingerprint density at radius 2 is 2.00 bits per heavy atom. The highest BCUT2D eigenvalue weighted by atomic mass is 16.6. The van der Waals surface area contributed by atoms with E-state index >= 15 is 0 Å². The van der Waals surface area contributed by atoms with E-state index in [2.05, 4.69) is 4.98 Å². The standard InChI is InChI=1S/C5H6N2.CH2O3/c6-5-3-1-2-4-7-5;2-1(3)4/h1-4H,(H2,6,7);(H2,2,3,4). The molecule has 0 aliphatic rings. The Labute approximate surface area is 63.1 Å². The first kappa shape index (κ1) is 9.22. The van der Waals surface area contributed by atoms with Crippen LogP contribution in [0.5, 0.6) is 0 Å². The van der Waals surface area contributed by atoms with Crippen LogP contribution in [0.4, 0.5) is 10.6 Å². The van der Waals surface area contributed by atoms with E-state index in [1.165, 1.54) is 0 Å². The number of rotatable bonds is 0. The molecule has 0 spiro atoms. The van der Waals surface area contributed by atoms with Gasteiger partial charge in [0, 0.05) is 6.20 Å². The fourth-order valence-electron chi connectivity index (χ4n) is 0.376. The van der Waals surface area contributed by atoms with E-state index in [0.717, 1.165) is 0 Å². The average molecular weight is 156 g/mol. The van der Waals surface area contributed by atoms with Crippen LogP contribution in [-0.2, 0) is 0 Å². The lowest BCUT2D eigenvalue weighted by atomic mass is 10.5. The lowest BCUT2D eigenvalue weighted by Gasteiger charge is -1.82. The molecule has 0 aliphatic heterocycles. The maximum Gasteiger partial charge on any atom is 0.503 e. The molecule has 11 heavy (non-hydrogen) atoms. The minimum atomic E-state index is -1.83. The fourth-order valence-corrected chi connectivity index (χ4v) is 0.376. The Hall–Kier alpha value is -1.78. The highest BCUT2D eigenvalue weighted by Crippen LogP contribution is 1.89. The van der Waals surface area contributed by atoms with Crippen LogP contribution in [0.1, 0.15) is 0 Å². The van der Waals surface area contributed by atoms with Crippen LogP contribution in [0.25, 0.3) is 0 Å². The molecule has 4 N–H and O–H groups in total. The average Bonchev–Trinajstić information content (AvgIpc) is 1.87. The monoisotopic (exact) mass is 156 g/mol. The van der Waals surface area contributed by atoms with Gasteiger partial charge in [-0.25, -0.2) is 9.78 Å². The van der Waals surface area contributed by atoms with Crippen LogP contribution < -0.4 is 5.73 Å². The third-order valence-electron chi connectivity index (χ3n) is 0.688. The van der Waals surface area contributed by atoms with Crippen molar-refractivity contribution in [3.05, 3.63) is 24.4 Å². The minimum Gasteiger partial charge on any atom is -0.450 e. The minimum absolute atomic E-state index is 0.572. The predicted octanol–water partition coefficient (Wildman–Crippen LogP) is 0.886. The zero-order valence-electron chi connectivity index (χ0n) is 5.64. The van der Waals surface area contributed by atoms with Crippen LogP contribution in [0.2, 0.25) is 0 Å². The van der Waals surface area contributed by atoms with Crippen LogP contribution in [0.3, 0.4) is 0 Å². The van der Waals surface area contributed by atoms with Gasteiger partial charge < -0.3 is 15.9 Å². The van der Waals surface area contributed by atoms with Gasteiger partial charge >= 0.3 is 6.16 Å². The lowest BCUT2D eigenvalue weighted by molar-refractivity contribution is 0.137. The Bertz CT molecular complexity index is 208. The van der Waals surface area contributed by atoms with E-state index < -0.39 is 6.16 Å². The molecule has 5 nitrogen and oxygen atoms in total. The van der Waals surface area contributed by atoms with Crippen molar-refractivity contribution in [2.45, 2.75) is 0 Å². The van der Waals surface area contributed by atoms with Gasteiger partial charge in [-0.1, -0.05) is 6.07 Å². The molecule has 1 aromatic heterocycles.